The van der Waals surface area contributed by atoms with Crippen LogP contribution >= 0.6 is 11.6 Å². The van der Waals surface area contributed by atoms with E-state index in [4.69, 9.17) is 17.3 Å². The van der Waals surface area contributed by atoms with E-state index in [1.165, 1.54) is 6.07 Å². The molecule has 2 amide bonds. The summed E-state index contributed by atoms with van der Waals surface area (Å²) in [6, 6.07) is 8.35. The van der Waals surface area contributed by atoms with Gasteiger partial charge >= 0.3 is 6.18 Å². The van der Waals surface area contributed by atoms with Crippen LogP contribution in [0.2, 0.25) is 5.02 Å². The lowest BCUT2D eigenvalue weighted by molar-refractivity contribution is -0.154. The van der Waals surface area contributed by atoms with E-state index in [9.17, 15) is 22.8 Å². The van der Waals surface area contributed by atoms with Gasteiger partial charge in [0.1, 0.15) is 5.02 Å². The van der Waals surface area contributed by atoms with Crippen molar-refractivity contribution in [3.8, 4) is 5.88 Å². The molecule has 0 bridgehead atoms. The molecule has 0 radical (unpaired) electrons. The maximum absolute atomic E-state index is 12.7. The maximum atomic E-state index is 12.7. The molecule has 3 rings (SSSR count). The zero-order valence-corrected chi connectivity index (χ0v) is 17.0. The standard InChI is InChI=1S/C20H20ClF3N4O3/c21-14-9-13(10-26-19(14)31-11-20(22,23)24)18(30)27-15-3-1-2-4-16(15)28-7-5-12(6-8-28)17(25)29/h1-4,9-10,12H,5-8,11H2,(H2,25,29)(H,27,30). The van der Waals surface area contributed by atoms with E-state index in [0.717, 1.165) is 11.9 Å². The fourth-order valence-corrected chi connectivity index (χ4v) is 3.48. The Morgan fingerprint density at radius 3 is 2.55 bits per heavy atom. The topological polar surface area (TPSA) is 97.6 Å². The summed E-state index contributed by atoms with van der Waals surface area (Å²) in [6.07, 6.45) is -2.20. The first-order valence-electron chi connectivity index (χ1n) is 9.44. The van der Waals surface area contributed by atoms with Crippen molar-refractivity contribution in [1.82, 2.24) is 4.98 Å². The van der Waals surface area contributed by atoms with Crippen LogP contribution in [0.4, 0.5) is 24.5 Å². The third kappa shape index (κ3) is 6.00. The normalized spacial score (nSPS) is 14.9. The Kier molecular flexibility index (Phi) is 6.89. The number of pyridine rings is 1. The lowest BCUT2D eigenvalue weighted by Crippen LogP contribution is -2.38. The second-order valence-electron chi connectivity index (χ2n) is 7.05. The number of anilines is 2. The summed E-state index contributed by atoms with van der Waals surface area (Å²) in [7, 11) is 0. The molecule has 166 valence electrons. The Bertz CT molecular complexity index is 963. The van der Waals surface area contributed by atoms with Crippen LogP contribution in [0.25, 0.3) is 0 Å². The molecule has 11 heteroatoms. The molecule has 1 aliphatic heterocycles. The van der Waals surface area contributed by atoms with Crippen LogP contribution in [0, 0.1) is 5.92 Å². The lowest BCUT2D eigenvalue weighted by Gasteiger charge is -2.33. The molecular weight excluding hydrogens is 437 g/mol. The van der Waals surface area contributed by atoms with Crippen molar-refractivity contribution < 1.29 is 27.5 Å². The summed E-state index contributed by atoms with van der Waals surface area (Å²) in [6.45, 7) is -0.316. The first-order valence-corrected chi connectivity index (χ1v) is 9.81. The van der Waals surface area contributed by atoms with Gasteiger partial charge in [-0.15, -0.1) is 0 Å². The van der Waals surface area contributed by atoms with Crippen LogP contribution in [-0.4, -0.2) is 42.7 Å². The van der Waals surface area contributed by atoms with Gasteiger partial charge in [0.15, 0.2) is 6.61 Å². The van der Waals surface area contributed by atoms with E-state index in [1.807, 2.05) is 17.0 Å². The first kappa shape index (κ1) is 22.7. The van der Waals surface area contributed by atoms with E-state index in [2.05, 4.69) is 15.0 Å². The van der Waals surface area contributed by atoms with Gasteiger partial charge in [-0.05, 0) is 31.0 Å². The highest BCUT2D eigenvalue weighted by atomic mass is 35.5. The zero-order valence-electron chi connectivity index (χ0n) is 16.3. The van der Waals surface area contributed by atoms with Gasteiger partial charge in [-0.2, -0.15) is 13.2 Å². The number of para-hydroxylation sites is 2. The van der Waals surface area contributed by atoms with Crippen LogP contribution in [0.15, 0.2) is 36.5 Å². The van der Waals surface area contributed by atoms with Gasteiger partial charge in [0.2, 0.25) is 11.8 Å². The highest BCUT2D eigenvalue weighted by molar-refractivity contribution is 6.32. The SMILES string of the molecule is NC(=O)C1CCN(c2ccccc2NC(=O)c2cnc(OCC(F)(F)F)c(Cl)c2)CC1. The van der Waals surface area contributed by atoms with Crippen molar-refractivity contribution in [3.63, 3.8) is 0 Å². The highest BCUT2D eigenvalue weighted by Crippen LogP contribution is 2.31. The fourth-order valence-electron chi connectivity index (χ4n) is 3.26. The van der Waals surface area contributed by atoms with Crippen LogP contribution in [0.3, 0.4) is 0 Å². The molecule has 3 N–H and O–H groups in total. The van der Waals surface area contributed by atoms with E-state index in [1.54, 1.807) is 12.1 Å². The molecule has 31 heavy (non-hydrogen) atoms. The molecule has 0 aliphatic carbocycles. The Morgan fingerprint density at radius 1 is 1.26 bits per heavy atom. The molecule has 0 unspecified atom stereocenters. The monoisotopic (exact) mass is 456 g/mol. The average molecular weight is 457 g/mol. The maximum Gasteiger partial charge on any atom is 0.422 e. The minimum absolute atomic E-state index is 0.0617. The van der Waals surface area contributed by atoms with Gasteiger partial charge in [-0.1, -0.05) is 23.7 Å². The molecule has 1 aliphatic rings. The van der Waals surface area contributed by atoms with Gasteiger partial charge in [0.05, 0.1) is 16.9 Å². The third-order valence-corrected chi connectivity index (χ3v) is 5.10. The molecule has 0 spiro atoms. The Morgan fingerprint density at radius 2 is 1.94 bits per heavy atom. The number of primary amides is 1. The lowest BCUT2D eigenvalue weighted by atomic mass is 9.96. The smallest absolute Gasteiger partial charge is 0.422 e. The van der Waals surface area contributed by atoms with Gasteiger partial charge in [0, 0.05) is 25.2 Å². The summed E-state index contributed by atoms with van der Waals surface area (Å²) >= 11 is 5.92. The minimum Gasteiger partial charge on any atom is -0.467 e. The number of hydrogen-bond acceptors (Lipinski definition) is 5. The number of rotatable bonds is 6. The summed E-state index contributed by atoms with van der Waals surface area (Å²) in [5.41, 5.74) is 6.76. The fraction of sp³-hybridized carbons (Fsp3) is 0.350. The average Bonchev–Trinajstić information content (AvgIpc) is 2.72. The van der Waals surface area contributed by atoms with Crippen LogP contribution < -0.4 is 20.7 Å². The molecule has 1 saturated heterocycles. The molecular formula is C20H20ClF3N4O3. The number of ether oxygens (including phenoxy) is 1. The Hall–Kier alpha value is -3.01. The van der Waals surface area contributed by atoms with Gasteiger partial charge in [-0.25, -0.2) is 4.98 Å². The number of halogens is 4. The van der Waals surface area contributed by atoms with E-state index < -0.39 is 24.6 Å². The molecule has 7 nitrogen and oxygen atoms in total. The van der Waals surface area contributed by atoms with Crippen molar-refractivity contribution in [2.24, 2.45) is 11.7 Å². The first-order chi connectivity index (χ1) is 14.6. The molecule has 1 aromatic heterocycles. The number of amides is 2. The number of nitrogens with zero attached hydrogens (tertiary/aromatic N) is 2. The molecule has 2 heterocycles. The van der Waals surface area contributed by atoms with Crippen LogP contribution in [-0.2, 0) is 4.79 Å². The Labute approximate surface area is 181 Å². The van der Waals surface area contributed by atoms with Crippen LogP contribution in [0.5, 0.6) is 5.88 Å². The van der Waals surface area contributed by atoms with Gasteiger partial charge in [-0.3, -0.25) is 9.59 Å². The van der Waals surface area contributed by atoms with Crippen molar-refractivity contribution in [1.29, 1.82) is 0 Å². The predicted octanol–water partition coefficient (Wildman–Crippen LogP) is 3.63. The molecule has 1 fully saturated rings. The summed E-state index contributed by atoms with van der Waals surface area (Å²) in [5.74, 6) is -1.41. The summed E-state index contributed by atoms with van der Waals surface area (Å²) < 4.78 is 41.4. The second-order valence-corrected chi connectivity index (χ2v) is 7.46. The van der Waals surface area contributed by atoms with E-state index in [0.29, 0.717) is 31.6 Å². The number of benzene rings is 1. The quantitative estimate of drug-likeness (QED) is 0.691. The molecule has 1 aromatic carbocycles. The van der Waals surface area contributed by atoms with Gasteiger partial charge in [0.25, 0.3) is 5.91 Å². The number of aromatic nitrogens is 1. The number of carbonyl (C=O) groups is 2. The molecule has 0 atom stereocenters. The third-order valence-electron chi connectivity index (χ3n) is 4.83. The molecule has 2 aromatic rings. The van der Waals surface area contributed by atoms with E-state index in [-0.39, 0.29) is 22.4 Å². The number of nitrogens with two attached hydrogens (primary N) is 1. The molecule has 0 saturated carbocycles. The Balaban J connectivity index is 1.70. The summed E-state index contributed by atoms with van der Waals surface area (Å²) in [4.78, 5) is 29.8. The van der Waals surface area contributed by atoms with Gasteiger partial charge < -0.3 is 20.7 Å². The summed E-state index contributed by atoms with van der Waals surface area (Å²) in [5, 5.41) is 2.56. The van der Waals surface area contributed by atoms with Crippen molar-refractivity contribution in [2.45, 2.75) is 19.0 Å². The van der Waals surface area contributed by atoms with E-state index >= 15 is 0 Å². The number of nitrogens with one attached hydrogen (secondary N) is 1. The zero-order chi connectivity index (χ0) is 22.6. The predicted molar refractivity (Wildman–Crippen MR) is 109 cm³/mol. The number of carbonyl (C=O) groups excluding carboxylic acids is 2. The number of alkyl halides is 3. The number of hydrogen-bond donors (Lipinski definition) is 2. The van der Waals surface area contributed by atoms with Crippen LogP contribution in [0.1, 0.15) is 23.2 Å². The van der Waals surface area contributed by atoms with Crippen molar-refractivity contribution in [3.05, 3.63) is 47.1 Å². The largest absolute Gasteiger partial charge is 0.467 e. The van der Waals surface area contributed by atoms with Crippen molar-refractivity contribution in [2.75, 3.05) is 29.9 Å². The number of piperidine rings is 1. The second kappa shape index (κ2) is 9.42. The minimum atomic E-state index is -4.53. The highest BCUT2D eigenvalue weighted by Gasteiger charge is 2.29. The van der Waals surface area contributed by atoms with Crippen molar-refractivity contribution >= 4 is 34.8 Å².